The van der Waals surface area contributed by atoms with Crippen molar-refractivity contribution in [2.75, 3.05) is 37.2 Å². The van der Waals surface area contributed by atoms with Gasteiger partial charge in [-0.25, -0.2) is 8.42 Å². The Hall–Kier alpha value is -1.60. The average molecular weight is 378 g/mol. The molecule has 1 aromatic carbocycles. The fourth-order valence-electron chi connectivity index (χ4n) is 4.14. The Morgan fingerprint density at radius 2 is 1.73 bits per heavy atom. The van der Waals surface area contributed by atoms with Crippen LogP contribution in [0, 0.1) is 5.92 Å². The van der Waals surface area contributed by atoms with E-state index in [9.17, 15) is 13.2 Å². The molecule has 0 spiro atoms. The van der Waals surface area contributed by atoms with Crippen LogP contribution in [0.2, 0.25) is 0 Å². The van der Waals surface area contributed by atoms with E-state index >= 15 is 0 Å². The molecular formula is C19H27N3O3S. The van der Waals surface area contributed by atoms with Crippen molar-refractivity contribution in [2.24, 2.45) is 5.92 Å². The average Bonchev–Trinajstić information content (AvgIpc) is 3.33. The summed E-state index contributed by atoms with van der Waals surface area (Å²) in [6.45, 7) is 3.74. The molecule has 3 fully saturated rings. The van der Waals surface area contributed by atoms with Gasteiger partial charge in [-0.15, -0.1) is 0 Å². The van der Waals surface area contributed by atoms with E-state index in [1.54, 1.807) is 12.1 Å². The Bertz CT molecular complexity index is 766. The number of hydrogen-bond acceptors (Lipinski definition) is 4. The minimum atomic E-state index is -3.26. The topological polar surface area (TPSA) is 69.7 Å². The van der Waals surface area contributed by atoms with Crippen LogP contribution in [0.15, 0.2) is 24.3 Å². The molecule has 1 heterocycles. The number of carbonyl (C=O) groups excluding carboxylic acids is 1. The number of nitrogens with one attached hydrogen (secondary N) is 1. The van der Waals surface area contributed by atoms with Gasteiger partial charge in [0, 0.05) is 43.8 Å². The normalized spacial score (nSPS) is 27.0. The molecule has 1 amide bonds. The van der Waals surface area contributed by atoms with E-state index < -0.39 is 10.0 Å². The molecular weight excluding hydrogens is 350 g/mol. The molecule has 1 saturated heterocycles. The second kappa shape index (κ2) is 6.85. The Morgan fingerprint density at radius 1 is 1.08 bits per heavy atom. The number of amides is 1. The minimum absolute atomic E-state index is 0.0963. The van der Waals surface area contributed by atoms with Gasteiger partial charge in [0.15, 0.2) is 0 Å². The molecule has 1 aromatic rings. The Labute approximate surface area is 155 Å². The van der Waals surface area contributed by atoms with Gasteiger partial charge < -0.3 is 4.90 Å². The number of anilines is 1. The first-order chi connectivity index (χ1) is 12.4. The molecule has 0 aromatic heterocycles. The van der Waals surface area contributed by atoms with Crippen LogP contribution >= 0.6 is 0 Å². The maximum absolute atomic E-state index is 12.8. The first kappa shape index (κ1) is 17.8. The van der Waals surface area contributed by atoms with Crippen LogP contribution < -0.4 is 4.72 Å². The summed E-state index contributed by atoms with van der Waals surface area (Å²) in [6.07, 6.45) is 6.04. The highest BCUT2D eigenvalue weighted by Crippen LogP contribution is 2.48. The first-order valence-electron chi connectivity index (χ1n) is 9.51. The van der Waals surface area contributed by atoms with Gasteiger partial charge in [0.25, 0.3) is 0 Å². The molecule has 2 atom stereocenters. The third-order valence-electron chi connectivity index (χ3n) is 5.97. The maximum atomic E-state index is 12.8. The fourth-order valence-corrected chi connectivity index (χ4v) is 4.71. The van der Waals surface area contributed by atoms with Crippen molar-refractivity contribution in [1.82, 2.24) is 9.80 Å². The van der Waals surface area contributed by atoms with Crippen molar-refractivity contribution in [3.8, 4) is 0 Å². The summed E-state index contributed by atoms with van der Waals surface area (Å²) in [6, 6.07) is 8.17. The standard InChI is InChI=1S/C19H27N3O3S/c1-26(24,25)20-15-7-5-14(6-8-15)17-13-18(17)19(23)22-11-9-21(10-12-22)16-3-2-4-16/h5-8,16-18,20H,2-4,9-13H2,1H3/t17-,18+/m0/s1. The van der Waals surface area contributed by atoms with Crippen LogP contribution in [-0.4, -0.2) is 62.6 Å². The Morgan fingerprint density at radius 3 is 2.27 bits per heavy atom. The summed E-state index contributed by atoms with van der Waals surface area (Å²) in [5.74, 6) is 0.667. The monoisotopic (exact) mass is 377 g/mol. The van der Waals surface area contributed by atoms with Crippen molar-refractivity contribution in [2.45, 2.75) is 37.6 Å². The number of sulfonamides is 1. The van der Waals surface area contributed by atoms with Gasteiger partial charge in [0.05, 0.1) is 6.26 Å². The summed E-state index contributed by atoms with van der Waals surface area (Å²) < 4.78 is 25.0. The predicted molar refractivity (Wildman–Crippen MR) is 102 cm³/mol. The van der Waals surface area contributed by atoms with E-state index in [1.807, 2.05) is 17.0 Å². The van der Waals surface area contributed by atoms with Gasteiger partial charge in [0.1, 0.15) is 0 Å². The van der Waals surface area contributed by atoms with E-state index in [-0.39, 0.29) is 11.8 Å². The third kappa shape index (κ3) is 3.88. The van der Waals surface area contributed by atoms with E-state index in [1.165, 1.54) is 19.3 Å². The third-order valence-corrected chi connectivity index (χ3v) is 6.57. The number of piperazine rings is 1. The van der Waals surface area contributed by atoms with Crippen molar-refractivity contribution >= 4 is 21.6 Å². The van der Waals surface area contributed by atoms with E-state index in [0.717, 1.165) is 50.5 Å². The van der Waals surface area contributed by atoms with Crippen LogP contribution in [-0.2, 0) is 14.8 Å². The van der Waals surface area contributed by atoms with Crippen LogP contribution in [0.1, 0.15) is 37.2 Å². The van der Waals surface area contributed by atoms with Crippen LogP contribution in [0.4, 0.5) is 5.69 Å². The highest BCUT2D eigenvalue weighted by molar-refractivity contribution is 7.92. The highest BCUT2D eigenvalue weighted by Gasteiger charge is 2.46. The molecule has 0 radical (unpaired) electrons. The molecule has 2 saturated carbocycles. The zero-order chi connectivity index (χ0) is 18.3. The van der Waals surface area contributed by atoms with Crippen molar-refractivity contribution in [3.05, 3.63) is 29.8 Å². The largest absolute Gasteiger partial charge is 0.340 e. The zero-order valence-corrected chi connectivity index (χ0v) is 16.0. The number of hydrogen-bond donors (Lipinski definition) is 1. The molecule has 0 bridgehead atoms. The van der Waals surface area contributed by atoms with Gasteiger partial charge in [-0.1, -0.05) is 18.6 Å². The van der Waals surface area contributed by atoms with Gasteiger partial charge in [0.2, 0.25) is 15.9 Å². The number of benzene rings is 1. The van der Waals surface area contributed by atoms with Crippen LogP contribution in [0.5, 0.6) is 0 Å². The minimum Gasteiger partial charge on any atom is -0.340 e. The van der Waals surface area contributed by atoms with Gasteiger partial charge in [-0.3, -0.25) is 14.4 Å². The Kier molecular flexibility index (Phi) is 4.69. The van der Waals surface area contributed by atoms with Crippen molar-refractivity contribution in [1.29, 1.82) is 0 Å². The summed E-state index contributed by atoms with van der Waals surface area (Å²) in [5, 5.41) is 0. The zero-order valence-electron chi connectivity index (χ0n) is 15.2. The molecule has 142 valence electrons. The van der Waals surface area contributed by atoms with Gasteiger partial charge in [-0.2, -0.15) is 0 Å². The SMILES string of the molecule is CS(=O)(=O)Nc1ccc([C@@H]2C[C@H]2C(=O)N2CCN(C3CCC3)CC2)cc1. The number of nitrogens with zero attached hydrogens (tertiary/aromatic N) is 2. The summed E-state index contributed by atoms with van der Waals surface area (Å²) >= 11 is 0. The Balaban J connectivity index is 1.30. The van der Waals surface area contributed by atoms with Gasteiger partial charge >= 0.3 is 0 Å². The molecule has 6 nitrogen and oxygen atoms in total. The van der Waals surface area contributed by atoms with Crippen LogP contribution in [0.25, 0.3) is 0 Å². The highest BCUT2D eigenvalue weighted by atomic mass is 32.2. The lowest BCUT2D eigenvalue weighted by molar-refractivity contribution is -0.135. The summed E-state index contributed by atoms with van der Waals surface area (Å²) in [5.41, 5.74) is 1.68. The summed E-state index contributed by atoms with van der Waals surface area (Å²) in [7, 11) is -3.26. The lowest BCUT2D eigenvalue weighted by atomic mass is 9.91. The fraction of sp³-hybridized carbons (Fsp3) is 0.632. The molecule has 26 heavy (non-hydrogen) atoms. The number of carbonyl (C=O) groups is 1. The predicted octanol–water partition coefficient (Wildman–Crippen LogP) is 1.86. The van der Waals surface area contributed by atoms with Crippen molar-refractivity contribution in [3.63, 3.8) is 0 Å². The molecule has 2 aliphatic carbocycles. The molecule has 3 aliphatic rings. The quantitative estimate of drug-likeness (QED) is 0.850. The second-order valence-corrected chi connectivity index (χ2v) is 9.64. The number of rotatable bonds is 5. The smallest absolute Gasteiger partial charge is 0.229 e. The van der Waals surface area contributed by atoms with Crippen LogP contribution in [0.3, 0.4) is 0 Å². The molecule has 4 rings (SSSR count). The van der Waals surface area contributed by atoms with Gasteiger partial charge in [-0.05, 0) is 42.9 Å². The molecule has 1 aliphatic heterocycles. The maximum Gasteiger partial charge on any atom is 0.229 e. The van der Waals surface area contributed by atoms with E-state index in [0.29, 0.717) is 11.6 Å². The molecule has 7 heteroatoms. The second-order valence-electron chi connectivity index (χ2n) is 7.89. The summed E-state index contributed by atoms with van der Waals surface area (Å²) in [4.78, 5) is 17.4. The van der Waals surface area contributed by atoms with E-state index in [2.05, 4.69) is 9.62 Å². The van der Waals surface area contributed by atoms with E-state index in [4.69, 9.17) is 0 Å². The lowest BCUT2D eigenvalue weighted by Crippen LogP contribution is -2.53. The molecule has 0 unspecified atom stereocenters. The molecule has 1 N–H and O–H groups in total. The first-order valence-corrected chi connectivity index (χ1v) is 11.4. The van der Waals surface area contributed by atoms with Crippen molar-refractivity contribution < 1.29 is 13.2 Å². The lowest BCUT2D eigenvalue weighted by Gasteiger charge is -2.43.